The zero-order valence-corrected chi connectivity index (χ0v) is 15.2. The van der Waals surface area contributed by atoms with Crippen molar-refractivity contribution in [2.75, 3.05) is 5.43 Å². The minimum atomic E-state index is -0.392. The van der Waals surface area contributed by atoms with Crippen molar-refractivity contribution in [1.29, 1.82) is 10.7 Å². The Morgan fingerprint density at radius 3 is 2.19 bits per heavy atom. The van der Waals surface area contributed by atoms with Crippen molar-refractivity contribution in [2.45, 2.75) is 44.1 Å². The molecule has 1 amide bonds. The maximum atomic E-state index is 12.8. The predicted octanol–water partition coefficient (Wildman–Crippen LogP) is 2.61. The van der Waals surface area contributed by atoms with Gasteiger partial charge >= 0.3 is 0 Å². The Bertz CT molecular complexity index is 800. The van der Waals surface area contributed by atoms with Gasteiger partial charge in [0, 0.05) is 11.1 Å². The van der Waals surface area contributed by atoms with E-state index in [0.29, 0.717) is 11.3 Å². The third-order valence-electron chi connectivity index (χ3n) is 6.22. The highest BCUT2D eigenvalue weighted by atomic mass is 16.1. The second-order valence-electron chi connectivity index (χ2n) is 8.33. The first-order chi connectivity index (χ1) is 13.0. The molecule has 4 bridgehead atoms. The number of anilines is 1. The zero-order valence-electron chi connectivity index (χ0n) is 15.2. The molecule has 0 spiro atoms. The molecule has 140 valence electrons. The van der Waals surface area contributed by atoms with Crippen molar-refractivity contribution in [2.24, 2.45) is 28.6 Å². The number of hydrogen-bond donors (Lipinski definition) is 4. The fraction of sp³-hybridized carbons (Fsp3) is 0.500. The van der Waals surface area contributed by atoms with Crippen LogP contribution >= 0.6 is 0 Å². The van der Waals surface area contributed by atoms with Crippen LogP contribution in [-0.4, -0.2) is 23.0 Å². The van der Waals surface area contributed by atoms with Crippen LogP contribution in [0.4, 0.5) is 5.69 Å². The van der Waals surface area contributed by atoms with Crippen LogP contribution in [0.15, 0.2) is 29.4 Å². The van der Waals surface area contributed by atoms with Gasteiger partial charge in [-0.05, 0) is 80.5 Å². The lowest BCUT2D eigenvalue weighted by Crippen LogP contribution is -2.59. The van der Waals surface area contributed by atoms with Crippen LogP contribution in [0, 0.1) is 34.5 Å². The van der Waals surface area contributed by atoms with E-state index in [-0.39, 0.29) is 17.2 Å². The van der Waals surface area contributed by atoms with E-state index in [9.17, 15) is 4.79 Å². The van der Waals surface area contributed by atoms with Crippen LogP contribution in [-0.2, 0) is 0 Å². The topological polar surface area (TPSA) is 127 Å². The summed E-state index contributed by atoms with van der Waals surface area (Å²) in [5.41, 5.74) is 8.99. The summed E-state index contributed by atoms with van der Waals surface area (Å²) in [6.07, 6.45) is 7.42. The van der Waals surface area contributed by atoms with Crippen LogP contribution in [0.1, 0.15) is 48.9 Å². The largest absolute Gasteiger partial charge is 0.382 e. The molecule has 4 fully saturated rings. The Morgan fingerprint density at radius 2 is 1.70 bits per heavy atom. The third-order valence-corrected chi connectivity index (χ3v) is 6.22. The molecule has 0 heterocycles. The van der Waals surface area contributed by atoms with Gasteiger partial charge in [-0.2, -0.15) is 10.4 Å². The number of amidine groups is 1. The number of carbonyl (C=O) groups is 1. The van der Waals surface area contributed by atoms with E-state index in [1.807, 2.05) is 0 Å². The summed E-state index contributed by atoms with van der Waals surface area (Å²) in [6, 6.07) is 8.69. The van der Waals surface area contributed by atoms with Crippen LogP contribution in [0.2, 0.25) is 0 Å². The number of benzene rings is 1. The Morgan fingerprint density at radius 1 is 1.15 bits per heavy atom. The highest BCUT2D eigenvalue weighted by Crippen LogP contribution is 2.55. The molecule has 7 nitrogen and oxygen atoms in total. The van der Waals surface area contributed by atoms with E-state index in [0.717, 1.165) is 37.0 Å². The Kier molecular flexibility index (Phi) is 4.34. The Balaban J connectivity index is 1.41. The molecular weight excluding hydrogens is 340 g/mol. The maximum Gasteiger partial charge on any atom is 0.251 e. The molecule has 0 aromatic heterocycles. The number of rotatable bonds is 5. The van der Waals surface area contributed by atoms with Gasteiger partial charge in [-0.1, -0.05) is 0 Å². The number of carbonyl (C=O) groups excluding carboxylic acids is 1. The molecule has 27 heavy (non-hydrogen) atoms. The molecular formula is C20H24N6O. The Labute approximate surface area is 158 Å². The molecule has 1 aromatic rings. The van der Waals surface area contributed by atoms with E-state index in [1.165, 1.54) is 19.3 Å². The van der Waals surface area contributed by atoms with Crippen molar-refractivity contribution in [3.8, 4) is 6.07 Å². The van der Waals surface area contributed by atoms with Crippen LogP contribution < -0.4 is 16.5 Å². The highest BCUT2D eigenvalue weighted by molar-refractivity contribution is 6.45. The van der Waals surface area contributed by atoms with Crippen LogP contribution in [0.5, 0.6) is 0 Å². The normalized spacial score (nSPS) is 31.2. The van der Waals surface area contributed by atoms with E-state index in [1.54, 1.807) is 30.3 Å². The fourth-order valence-electron chi connectivity index (χ4n) is 5.54. The van der Waals surface area contributed by atoms with Gasteiger partial charge in [-0.3, -0.25) is 15.6 Å². The summed E-state index contributed by atoms with van der Waals surface area (Å²) in [7, 11) is 0. The maximum absolute atomic E-state index is 12.8. The van der Waals surface area contributed by atoms with Crippen molar-refractivity contribution < 1.29 is 4.79 Å². The summed E-state index contributed by atoms with van der Waals surface area (Å²) >= 11 is 0. The summed E-state index contributed by atoms with van der Waals surface area (Å²) in [5.74, 6) is 1.95. The van der Waals surface area contributed by atoms with Crippen LogP contribution in [0.3, 0.4) is 0 Å². The van der Waals surface area contributed by atoms with Crippen molar-refractivity contribution in [3.05, 3.63) is 29.8 Å². The van der Waals surface area contributed by atoms with E-state index < -0.39 is 5.84 Å². The van der Waals surface area contributed by atoms with Crippen molar-refractivity contribution in [3.63, 3.8) is 0 Å². The molecule has 4 aliphatic rings. The van der Waals surface area contributed by atoms with Gasteiger partial charge in [0.05, 0.1) is 5.69 Å². The number of nitrogens with zero attached hydrogens (tertiary/aromatic N) is 2. The van der Waals surface area contributed by atoms with E-state index in [4.69, 9.17) is 16.4 Å². The number of hydrazone groups is 1. The molecule has 1 aromatic carbocycles. The van der Waals surface area contributed by atoms with Gasteiger partial charge in [-0.15, -0.1) is 0 Å². The first kappa shape index (κ1) is 17.5. The van der Waals surface area contributed by atoms with E-state index in [2.05, 4.69) is 15.8 Å². The number of hydrogen-bond acceptors (Lipinski definition) is 5. The van der Waals surface area contributed by atoms with Gasteiger partial charge < -0.3 is 11.1 Å². The van der Waals surface area contributed by atoms with Crippen molar-refractivity contribution >= 4 is 23.1 Å². The summed E-state index contributed by atoms with van der Waals surface area (Å²) in [4.78, 5) is 12.8. The standard InChI is InChI=1S/C20H24N6O/c21-11-17(18(22)23)26-25-16-3-1-15(2-4-16)19(27)24-20-8-12-5-13(9-20)7-14(6-12)10-20/h1-4,12-14,25H,5-10H2,(H3,22,23)(H,24,27)/b26-17+. The molecule has 5 rings (SSSR count). The zero-order chi connectivity index (χ0) is 19.0. The lowest BCUT2D eigenvalue weighted by Gasteiger charge is -2.56. The minimum absolute atomic E-state index is 0.00374. The van der Waals surface area contributed by atoms with E-state index >= 15 is 0 Å². The molecule has 0 aliphatic heterocycles. The van der Waals surface area contributed by atoms with Gasteiger partial charge in [0.1, 0.15) is 6.07 Å². The first-order valence-electron chi connectivity index (χ1n) is 9.47. The average Bonchev–Trinajstić information content (AvgIpc) is 2.61. The number of nitrogens with one attached hydrogen (secondary N) is 3. The predicted molar refractivity (Wildman–Crippen MR) is 103 cm³/mol. The second kappa shape index (κ2) is 6.69. The number of amides is 1. The minimum Gasteiger partial charge on any atom is -0.382 e. The first-order valence-corrected chi connectivity index (χ1v) is 9.47. The average molecular weight is 364 g/mol. The summed E-state index contributed by atoms with van der Waals surface area (Å²) in [6.45, 7) is 0. The molecule has 7 heteroatoms. The second-order valence-corrected chi connectivity index (χ2v) is 8.33. The van der Waals surface area contributed by atoms with Gasteiger partial charge in [0.15, 0.2) is 5.84 Å². The lowest BCUT2D eigenvalue weighted by molar-refractivity contribution is -0.0167. The Hall–Kier alpha value is -2.88. The fourth-order valence-corrected chi connectivity index (χ4v) is 5.54. The molecule has 0 saturated heterocycles. The number of nitrogens with two attached hydrogens (primary N) is 1. The van der Waals surface area contributed by atoms with Crippen LogP contribution in [0.25, 0.3) is 0 Å². The van der Waals surface area contributed by atoms with Crippen molar-refractivity contribution in [1.82, 2.24) is 5.32 Å². The molecule has 0 radical (unpaired) electrons. The highest BCUT2D eigenvalue weighted by Gasteiger charge is 2.51. The molecule has 5 N–H and O–H groups in total. The molecule has 4 saturated carbocycles. The quantitative estimate of drug-likeness (QED) is 0.364. The summed E-state index contributed by atoms with van der Waals surface area (Å²) < 4.78 is 0. The smallest absolute Gasteiger partial charge is 0.251 e. The molecule has 0 atom stereocenters. The van der Waals surface area contributed by atoms with Gasteiger partial charge in [0.25, 0.3) is 5.91 Å². The SMILES string of the molecule is N#C/C(=N\Nc1ccc(C(=O)NC23CC4CC(CC(C4)C2)C3)cc1)C(=N)N. The van der Waals surface area contributed by atoms with Gasteiger partial charge in [0.2, 0.25) is 5.71 Å². The monoisotopic (exact) mass is 364 g/mol. The summed E-state index contributed by atoms with van der Waals surface area (Å²) in [5, 5.41) is 23.2. The lowest BCUT2D eigenvalue weighted by atomic mass is 9.53. The number of nitriles is 1. The molecule has 4 aliphatic carbocycles. The molecule has 0 unspecified atom stereocenters. The van der Waals surface area contributed by atoms with Gasteiger partial charge in [-0.25, -0.2) is 0 Å². The third kappa shape index (κ3) is 3.52.